The molecule has 0 saturated carbocycles. The number of thioether (sulfide) groups is 1. The van der Waals surface area contributed by atoms with Crippen molar-refractivity contribution in [3.05, 3.63) is 10.5 Å². The van der Waals surface area contributed by atoms with Crippen molar-refractivity contribution in [3.63, 3.8) is 0 Å². The van der Waals surface area contributed by atoms with Crippen molar-refractivity contribution in [2.45, 2.75) is 44.3 Å². The van der Waals surface area contributed by atoms with Gasteiger partial charge >= 0.3 is 5.69 Å². The fraction of sp³-hybridized carbons (Fsp3) is 0.818. The smallest absolute Gasteiger partial charge is 0.314 e. The summed E-state index contributed by atoms with van der Waals surface area (Å²) in [4.78, 5) is 11.1. The topological polar surface area (TPSA) is 62.7 Å². The summed E-state index contributed by atoms with van der Waals surface area (Å²) < 4.78 is 1.55. The molecule has 0 aliphatic rings. The Labute approximate surface area is 106 Å². The molecule has 1 atom stereocenters. The highest BCUT2D eigenvalue weighted by molar-refractivity contribution is 7.99. The van der Waals surface area contributed by atoms with E-state index in [9.17, 15) is 4.79 Å². The molecule has 0 spiro atoms. The van der Waals surface area contributed by atoms with E-state index in [0.29, 0.717) is 6.04 Å². The molecule has 5 nitrogen and oxygen atoms in total. The van der Waals surface area contributed by atoms with Crippen molar-refractivity contribution in [1.29, 1.82) is 0 Å². The summed E-state index contributed by atoms with van der Waals surface area (Å²) in [5.74, 6) is 1.00. The second kappa shape index (κ2) is 7.55. The Balaban J connectivity index is 2.24. The van der Waals surface area contributed by atoms with Gasteiger partial charge in [0.2, 0.25) is 0 Å². The lowest BCUT2D eigenvalue weighted by atomic mass is 10.1. The van der Waals surface area contributed by atoms with Gasteiger partial charge in [-0.05, 0) is 25.8 Å². The minimum atomic E-state index is -0.147. The third-order valence-electron chi connectivity index (χ3n) is 2.75. The SMILES string of the molecule is CCNC(CC)CCCSc1n[nH]c(=O)n1C. The summed E-state index contributed by atoms with van der Waals surface area (Å²) in [6.07, 6.45) is 3.48. The van der Waals surface area contributed by atoms with Gasteiger partial charge in [0, 0.05) is 18.8 Å². The summed E-state index contributed by atoms with van der Waals surface area (Å²) in [5.41, 5.74) is -0.147. The first-order valence-electron chi connectivity index (χ1n) is 6.16. The molecule has 1 unspecified atom stereocenters. The van der Waals surface area contributed by atoms with Gasteiger partial charge < -0.3 is 5.32 Å². The summed E-state index contributed by atoms with van der Waals surface area (Å²) in [6, 6.07) is 0.614. The van der Waals surface area contributed by atoms with Crippen molar-refractivity contribution in [1.82, 2.24) is 20.1 Å². The van der Waals surface area contributed by atoms with Gasteiger partial charge in [-0.3, -0.25) is 4.57 Å². The number of aromatic nitrogens is 3. The largest absolute Gasteiger partial charge is 0.343 e. The zero-order valence-electron chi connectivity index (χ0n) is 10.8. The molecule has 0 saturated heterocycles. The van der Waals surface area contributed by atoms with Crippen LogP contribution < -0.4 is 11.0 Å². The van der Waals surface area contributed by atoms with Crippen LogP contribution in [0.3, 0.4) is 0 Å². The van der Waals surface area contributed by atoms with Crippen molar-refractivity contribution < 1.29 is 0 Å². The number of aromatic amines is 1. The average Bonchev–Trinajstić information content (AvgIpc) is 2.64. The fourth-order valence-corrected chi connectivity index (χ4v) is 2.57. The van der Waals surface area contributed by atoms with Crippen LogP contribution in [0.4, 0.5) is 0 Å². The molecule has 0 aromatic carbocycles. The van der Waals surface area contributed by atoms with E-state index in [1.165, 1.54) is 12.8 Å². The van der Waals surface area contributed by atoms with E-state index in [2.05, 4.69) is 29.4 Å². The maximum atomic E-state index is 11.1. The lowest BCUT2D eigenvalue weighted by molar-refractivity contribution is 0.477. The number of hydrogen-bond acceptors (Lipinski definition) is 4. The number of nitrogens with zero attached hydrogens (tertiary/aromatic N) is 2. The highest BCUT2D eigenvalue weighted by atomic mass is 32.2. The zero-order chi connectivity index (χ0) is 12.7. The van der Waals surface area contributed by atoms with E-state index < -0.39 is 0 Å². The Bertz CT molecular complexity index is 374. The lowest BCUT2D eigenvalue weighted by Crippen LogP contribution is -2.28. The highest BCUT2D eigenvalue weighted by Crippen LogP contribution is 2.15. The second-order valence-electron chi connectivity index (χ2n) is 4.02. The summed E-state index contributed by atoms with van der Waals surface area (Å²) >= 11 is 1.63. The van der Waals surface area contributed by atoms with E-state index in [0.717, 1.165) is 23.9 Å². The van der Waals surface area contributed by atoms with E-state index in [-0.39, 0.29) is 5.69 Å². The molecule has 0 fully saturated rings. The number of nitrogens with one attached hydrogen (secondary N) is 2. The minimum absolute atomic E-state index is 0.147. The highest BCUT2D eigenvalue weighted by Gasteiger charge is 2.06. The van der Waals surface area contributed by atoms with E-state index in [1.54, 1.807) is 23.4 Å². The molecule has 2 N–H and O–H groups in total. The lowest BCUT2D eigenvalue weighted by Gasteiger charge is -2.14. The minimum Gasteiger partial charge on any atom is -0.314 e. The van der Waals surface area contributed by atoms with Crippen LogP contribution in [0, 0.1) is 0 Å². The molecule has 0 aliphatic heterocycles. The molecular formula is C11H22N4OS. The first-order valence-corrected chi connectivity index (χ1v) is 7.15. The number of H-pyrrole nitrogens is 1. The first kappa shape index (κ1) is 14.3. The molecule has 1 aromatic heterocycles. The number of rotatable bonds is 8. The van der Waals surface area contributed by atoms with Gasteiger partial charge in [0.1, 0.15) is 0 Å². The third-order valence-corrected chi connectivity index (χ3v) is 3.87. The molecular weight excluding hydrogens is 236 g/mol. The van der Waals surface area contributed by atoms with Gasteiger partial charge in [-0.15, -0.1) is 5.10 Å². The summed E-state index contributed by atoms with van der Waals surface area (Å²) in [7, 11) is 1.74. The molecule has 0 amide bonds. The van der Waals surface area contributed by atoms with E-state index in [1.807, 2.05) is 0 Å². The van der Waals surface area contributed by atoms with Crippen LogP contribution in [0.25, 0.3) is 0 Å². The molecule has 0 aliphatic carbocycles. The van der Waals surface area contributed by atoms with Crippen molar-refractivity contribution in [2.75, 3.05) is 12.3 Å². The van der Waals surface area contributed by atoms with Gasteiger partial charge in [0.25, 0.3) is 0 Å². The molecule has 1 aromatic rings. The van der Waals surface area contributed by atoms with Crippen LogP contribution in [-0.4, -0.2) is 33.1 Å². The van der Waals surface area contributed by atoms with Crippen LogP contribution >= 0.6 is 11.8 Å². The van der Waals surface area contributed by atoms with Gasteiger partial charge in [-0.1, -0.05) is 25.6 Å². The maximum Gasteiger partial charge on any atom is 0.343 e. The van der Waals surface area contributed by atoms with Crippen molar-refractivity contribution in [2.24, 2.45) is 7.05 Å². The second-order valence-corrected chi connectivity index (χ2v) is 5.09. The first-order chi connectivity index (χ1) is 8.19. The quantitative estimate of drug-likeness (QED) is 0.546. The summed E-state index contributed by atoms with van der Waals surface area (Å²) in [5, 5.41) is 10.6. The molecule has 1 rings (SSSR count). The predicted octanol–water partition coefficient (Wildman–Crippen LogP) is 1.37. The van der Waals surface area contributed by atoms with Gasteiger partial charge in [-0.25, -0.2) is 9.89 Å². The van der Waals surface area contributed by atoms with Crippen LogP contribution in [0.5, 0.6) is 0 Å². The molecule has 1 heterocycles. The average molecular weight is 258 g/mol. The van der Waals surface area contributed by atoms with Crippen LogP contribution in [0.1, 0.15) is 33.1 Å². The Morgan fingerprint density at radius 3 is 2.82 bits per heavy atom. The summed E-state index contributed by atoms with van der Waals surface area (Å²) in [6.45, 7) is 5.37. The fourth-order valence-electron chi connectivity index (χ4n) is 1.69. The maximum absolute atomic E-state index is 11.1. The van der Waals surface area contributed by atoms with Gasteiger partial charge in [-0.2, -0.15) is 0 Å². The van der Waals surface area contributed by atoms with E-state index in [4.69, 9.17) is 0 Å². The number of hydrogen-bond donors (Lipinski definition) is 2. The Kier molecular flexibility index (Phi) is 6.36. The van der Waals surface area contributed by atoms with Crippen LogP contribution in [0.15, 0.2) is 9.95 Å². The normalized spacial score (nSPS) is 12.9. The molecule has 0 radical (unpaired) electrons. The van der Waals surface area contributed by atoms with Crippen LogP contribution in [-0.2, 0) is 7.05 Å². The van der Waals surface area contributed by atoms with Crippen LogP contribution in [0.2, 0.25) is 0 Å². The van der Waals surface area contributed by atoms with Crippen molar-refractivity contribution >= 4 is 11.8 Å². The van der Waals surface area contributed by atoms with E-state index >= 15 is 0 Å². The molecule has 17 heavy (non-hydrogen) atoms. The van der Waals surface area contributed by atoms with Gasteiger partial charge in [0.05, 0.1) is 0 Å². The Morgan fingerprint density at radius 2 is 2.29 bits per heavy atom. The molecule has 0 bridgehead atoms. The van der Waals surface area contributed by atoms with Gasteiger partial charge in [0.15, 0.2) is 5.16 Å². The standard InChI is InChI=1S/C11H22N4OS/c1-4-9(12-5-2)7-6-8-17-11-14-13-10(16)15(11)3/h9,12H,4-8H2,1-3H3,(H,13,16). The third kappa shape index (κ3) is 4.55. The predicted molar refractivity (Wildman–Crippen MR) is 71.5 cm³/mol. The van der Waals surface area contributed by atoms with Crippen molar-refractivity contribution in [3.8, 4) is 0 Å². The molecule has 98 valence electrons. The Hall–Kier alpha value is -0.750. The monoisotopic (exact) mass is 258 g/mol. The molecule has 6 heteroatoms. The Morgan fingerprint density at radius 1 is 1.53 bits per heavy atom. The zero-order valence-corrected chi connectivity index (χ0v) is 11.6.